The van der Waals surface area contributed by atoms with Crippen molar-refractivity contribution in [2.75, 3.05) is 0 Å². The molecule has 1 unspecified atom stereocenters. The molecular formula is C11H17N. The molecule has 0 bridgehead atoms. The number of hydrogen-bond donors (Lipinski definition) is 1. The van der Waals surface area contributed by atoms with Gasteiger partial charge in [0.25, 0.3) is 0 Å². The summed E-state index contributed by atoms with van der Waals surface area (Å²) >= 11 is 0. The van der Waals surface area contributed by atoms with Gasteiger partial charge >= 0.3 is 0 Å². The van der Waals surface area contributed by atoms with Crippen molar-refractivity contribution in [3.05, 3.63) is 23.3 Å². The molecule has 2 N–H and O–H groups in total. The van der Waals surface area contributed by atoms with Crippen molar-refractivity contribution < 1.29 is 0 Å². The maximum atomic E-state index is 5.98. The first-order chi connectivity index (χ1) is 5.86. The highest BCUT2D eigenvalue weighted by atomic mass is 14.6. The third-order valence-electron chi connectivity index (χ3n) is 2.96. The molecule has 0 heterocycles. The zero-order valence-corrected chi connectivity index (χ0v) is 7.55. The number of nitrogens with two attached hydrogens (primary N) is 1. The fourth-order valence-corrected chi connectivity index (χ4v) is 2.24. The fraction of sp³-hybridized carbons (Fsp3) is 0.636. The Bertz CT molecular complexity index is 225. The van der Waals surface area contributed by atoms with Crippen LogP contribution in [-0.2, 0) is 0 Å². The molecule has 1 nitrogen and oxygen atoms in total. The van der Waals surface area contributed by atoms with Gasteiger partial charge in [-0.1, -0.05) is 23.3 Å². The van der Waals surface area contributed by atoms with Crippen molar-refractivity contribution in [2.45, 2.75) is 44.6 Å². The van der Waals surface area contributed by atoms with Gasteiger partial charge in [-0.25, -0.2) is 0 Å². The summed E-state index contributed by atoms with van der Waals surface area (Å²) in [6.07, 6.45) is 11.9. The average Bonchev–Trinajstić information content (AvgIpc) is 2.25. The molecule has 0 aromatic carbocycles. The predicted octanol–water partition coefficient (Wildman–Crippen LogP) is 2.53. The van der Waals surface area contributed by atoms with Crippen molar-refractivity contribution in [1.82, 2.24) is 0 Å². The summed E-state index contributed by atoms with van der Waals surface area (Å²) in [7, 11) is 0. The Morgan fingerprint density at radius 2 is 1.92 bits per heavy atom. The second-order valence-electron chi connectivity index (χ2n) is 3.94. The lowest BCUT2D eigenvalue weighted by Crippen LogP contribution is -2.19. The number of allylic oxidation sites excluding steroid dienone is 3. The van der Waals surface area contributed by atoms with Gasteiger partial charge in [0, 0.05) is 6.04 Å². The van der Waals surface area contributed by atoms with E-state index < -0.39 is 0 Å². The minimum Gasteiger partial charge on any atom is -0.327 e. The molecule has 0 aromatic heterocycles. The molecule has 0 fully saturated rings. The van der Waals surface area contributed by atoms with E-state index in [2.05, 4.69) is 12.2 Å². The Morgan fingerprint density at radius 3 is 2.75 bits per heavy atom. The summed E-state index contributed by atoms with van der Waals surface area (Å²) in [5.41, 5.74) is 9.31. The van der Waals surface area contributed by atoms with Crippen LogP contribution in [0.2, 0.25) is 0 Å². The molecule has 1 atom stereocenters. The first-order valence-electron chi connectivity index (χ1n) is 4.96. The van der Waals surface area contributed by atoms with Gasteiger partial charge in [-0.15, -0.1) is 0 Å². The quantitative estimate of drug-likeness (QED) is 0.546. The van der Waals surface area contributed by atoms with Crippen LogP contribution in [0.3, 0.4) is 0 Å². The maximum absolute atomic E-state index is 5.98. The molecule has 0 spiro atoms. The summed E-state index contributed by atoms with van der Waals surface area (Å²) in [6.45, 7) is 0. The van der Waals surface area contributed by atoms with Crippen molar-refractivity contribution in [1.29, 1.82) is 0 Å². The second-order valence-corrected chi connectivity index (χ2v) is 3.94. The summed E-state index contributed by atoms with van der Waals surface area (Å²) in [4.78, 5) is 0. The molecule has 2 rings (SSSR count). The molecular weight excluding hydrogens is 146 g/mol. The SMILES string of the molecule is NC1CCCC2=C(CC=CC2)C1. The van der Waals surface area contributed by atoms with Gasteiger partial charge in [-0.2, -0.15) is 0 Å². The van der Waals surface area contributed by atoms with E-state index in [1.165, 1.54) is 32.1 Å². The summed E-state index contributed by atoms with van der Waals surface area (Å²) in [5, 5.41) is 0. The van der Waals surface area contributed by atoms with Crippen LogP contribution in [-0.4, -0.2) is 6.04 Å². The van der Waals surface area contributed by atoms with E-state index >= 15 is 0 Å². The standard InChI is InChI=1S/C11H17N/c12-11-7-3-6-9-4-1-2-5-10(9)8-11/h1-2,11H,3-8,12H2. The van der Waals surface area contributed by atoms with E-state index in [9.17, 15) is 0 Å². The highest BCUT2D eigenvalue weighted by Crippen LogP contribution is 2.30. The Kier molecular flexibility index (Phi) is 2.31. The number of hydrogen-bond acceptors (Lipinski definition) is 1. The van der Waals surface area contributed by atoms with Crippen LogP contribution in [0, 0.1) is 0 Å². The lowest BCUT2D eigenvalue weighted by molar-refractivity contribution is 0.597. The van der Waals surface area contributed by atoms with E-state index in [0.29, 0.717) is 6.04 Å². The lowest BCUT2D eigenvalue weighted by Gasteiger charge is -2.15. The van der Waals surface area contributed by atoms with Gasteiger partial charge in [0.15, 0.2) is 0 Å². The third-order valence-corrected chi connectivity index (χ3v) is 2.96. The molecule has 0 radical (unpaired) electrons. The van der Waals surface area contributed by atoms with Crippen LogP contribution in [0.4, 0.5) is 0 Å². The molecule has 0 saturated carbocycles. The van der Waals surface area contributed by atoms with Gasteiger partial charge in [-0.3, -0.25) is 0 Å². The molecule has 0 amide bonds. The van der Waals surface area contributed by atoms with Crippen molar-refractivity contribution >= 4 is 0 Å². The molecule has 2 aliphatic carbocycles. The third kappa shape index (κ3) is 1.61. The Labute approximate surface area is 74.3 Å². The van der Waals surface area contributed by atoms with E-state index in [1.807, 2.05) is 0 Å². The van der Waals surface area contributed by atoms with Crippen LogP contribution < -0.4 is 5.73 Å². The summed E-state index contributed by atoms with van der Waals surface area (Å²) in [5.74, 6) is 0. The van der Waals surface area contributed by atoms with E-state index in [1.54, 1.807) is 11.1 Å². The van der Waals surface area contributed by atoms with Crippen LogP contribution in [0.15, 0.2) is 23.3 Å². The zero-order chi connectivity index (χ0) is 8.39. The molecule has 1 heteroatoms. The molecule has 0 saturated heterocycles. The fourth-order valence-electron chi connectivity index (χ4n) is 2.24. The zero-order valence-electron chi connectivity index (χ0n) is 7.55. The lowest BCUT2D eigenvalue weighted by atomic mass is 9.93. The van der Waals surface area contributed by atoms with Gasteiger partial charge in [0.1, 0.15) is 0 Å². The van der Waals surface area contributed by atoms with Crippen LogP contribution in [0.5, 0.6) is 0 Å². The summed E-state index contributed by atoms with van der Waals surface area (Å²) in [6, 6.07) is 0.434. The van der Waals surface area contributed by atoms with E-state index in [-0.39, 0.29) is 0 Å². The van der Waals surface area contributed by atoms with Crippen LogP contribution >= 0.6 is 0 Å². The predicted molar refractivity (Wildman–Crippen MR) is 51.8 cm³/mol. The Balaban J connectivity index is 2.13. The Morgan fingerprint density at radius 1 is 1.17 bits per heavy atom. The van der Waals surface area contributed by atoms with Crippen molar-refractivity contribution in [3.63, 3.8) is 0 Å². The molecule has 0 aliphatic heterocycles. The second kappa shape index (κ2) is 3.44. The normalized spacial score (nSPS) is 29.9. The first kappa shape index (κ1) is 8.06. The average molecular weight is 163 g/mol. The molecule has 2 aliphatic rings. The van der Waals surface area contributed by atoms with Crippen LogP contribution in [0.25, 0.3) is 0 Å². The molecule has 66 valence electrons. The summed E-state index contributed by atoms with van der Waals surface area (Å²) < 4.78 is 0. The smallest absolute Gasteiger partial charge is 0.00764 e. The van der Waals surface area contributed by atoms with Crippen molar-refractivity contribution in [2.24, 2.45) is 5.73 Å². The van der Waals surface area contributed by atoms with Crippen molar-refractivity contribution in [3.8, 4) is 0 Å². The maximum Gasteiger partial charge on any atom is 0.00764 e. The van der Waals surface area contributed by atoms with E-state index in [4.69, 9.17) is 5.73 Å². The monoisotopic (exact) mass is 163 g/mol. The number of rotatable bonds is 0. The minimum atomic E-state index is 0.434. The van der Waals surface area contributed by atoms with E-state index in [0.717, 1.165) is 6.42 Å². The Hall–Kier alpha value is -0.560. The van der Waals surface area contributed by atoms with Crippen LogP contribution in [0.1, 0.15) is 38.5 Å². The highest BCUT2D eigenvalue weighted by Gasteiger charge is 2.16. The first-order valence-corrected chi connectivity index (χ1v) is 4.96. The molecule has 0 aromatic rings. The minimum absolute atomic E-state index is 0.434. The van der Waals surface area contributed by atoms with Gasteiger partial charge in [0.05, 0.1) is 0 Å². The van der Waals surface area contributed by atoms with Gasteiger partial charge in [-0.05, 0) is 38.5 Å². The molecule has 12 heavy (non-hydrogen) atoms. The largest absolute Gasteiger partial charge is 0.327 e. The highest BCUT2D eigenvalue weighted by molar-refractivity contribution is 5.25. The van der Waals surface area contributed by atoms with Gasteiger partial charge < -0.3 is 5.73 Å². The topological polar surface area (TPSA) is 26.0 Å². The van der Waals surface area contributed by atoms with Gasteiger partial charge in [0.2, 0.25) is 0 Å².